The van der Waals surface area contributed by atoms with Crippen LogP contribution in [0.2, 0.25) is 0 Å². The van der Waals surface area contributed by atoms with Crippen molar-refractivity contribution >= 4 is 21.8 Å². The molecule has 3 nitrogen and oxygen atoms in total. The van der Waals surface area contributed by atoms with Gasteiger partial charge in [0.2, 0.25) is 0 Å². The van der Waals surface area contributed by atoms with E-state index in [-0.39, 0.29) is 5.91 Å². The van der Waals surface area contributed by atoms with Gasteiger partial charge in [0.25, 0.3) is 5.91 Å². The molecule has 0 aromatic carbocycles. The van der Waals surface area contributed by atoms with Gasteiger partial charge in [-0.1, -0.05) is 22.5 Å². The minimum Gasteiger partial charge on any atom is -0.347 e. The number of rotatable bonds is 3. The molecule has 1 amide bonds. The van der Waals surface area contributed by atoms with Gasteiger partial charge < -0.3 is 5.32 Å². The van der Waals surface area contributed by atoms with Crippen molar-refractivity contribution in [3.05, 3.63) is 40.6 Å². The van der Waals surface area contributed by atoms with E-state index in [2.05, 4.69) is 32.8 Å². The molecule has 1 aromatic rings. The average molecular weight is 255 g/mol. The summed E-state index contributed by atoms with van der Waals surface area (Å²) in [5.41, 5.74) is 1.54. The maximum Gasteiger partial charge on any atom is 0.253 e. The second-order valence-corrected chi connectivity index (χ2v) is 4.07. The molecule has 0 aliphatic carbocycles. The lowest BCUT2D eigenvalue weighted by Gasteiger charge is -2.03. The van der Waals surface area contributed by atoms with Crippen LogP contribution in [0.3, 0.4) is 0 Å². The molecule has 0 radical (unpaired) electrons. The monoisotopic (exact) mass is 254 g/mol. The van der Waals surface area contributed by atoms with E-state index in [4.69, 9.17) is 0 Å². The molecule has 0 bridgehead atoms. The van der Waals surface area contributed by atoms with Crippen molar-refractivity contribution in [3.63, 3.8) is 0 Å². The van der Waals surface area contributed by atoms with Gasteiger partial charge in [0.1, 0.15) is 0 Å². The van der Waals surface area contributed by atoms with Crippen LogP contribution in [-0.4, -0.2) is 17.4 Å². The lowest BCUT2D eigenvalue weighted by atomic mass is 10.2. The highest BCUT2D eigenvalue weighted by Gasteiger charge is 2.04. The lowest BCUT2D eigenvalue weighted by molar-refractivity contribution is 0.0957. The van der Waals surface area contributed by atoms with Gasteiger partial charge in [-0.05, 0) is 18.6 Å². The second kappa shape index (κ2) is 4.91. The number of carbonyl (C=O) groups is 1. The van der Waals surface area contributed by atoms with Gasteiger partial charge in [0.05, 0.1) is 5.56 Å². The fourth-order valence-corrected chi connectivity index (χ4v) is 1.10. The third-order valence-corrected chi connectivity index (χ3v) is 1.86. The van der Waals surface area contributed by atoms with Crippen LogP contribution in [0.5, 0.6) is 0 Å². The fraction of sp³-hybridized carbons (Fsp3) is 0.200. The van der Waals surface area contributed by atoms with Crippen LogP contribution in [0.15, 0.2) is 29.5 Å². The molecule has 1 heterocycles. The zero-order chi connectivity index (χ0) is 10.6. The number of aromatic nitrogens is 1. The summed E-state index contributed by atoms with van der Waals surface area (Å²) in [4.78, 5) is 15.4. The molecule has 74 valence electrons. The minimum absolute atomic E-state index is 0.137. The zero-order valence-electron chi connectivity index (χ0n) is 7.88. The Balaban J connectivity index is 2.65. The molecule has 1 rings (SSSR count). The number of pyridine rings is 1. The maximum atomic E-state index is 11.5. The number of hydrogen-bond donors (Lipinski definition) is 1. The smallest absolute Gasteiger partial charge is 0.253 e. The van der Waals surface area contributed by atoms with Gasteiger partial charge in [0, 0.05) is 23.4 Å². The molecule has 0 saturated carbocycles. The number of carbonyl (C=O) groups excluding carboxylic acids is 1. The van der Waals surface area contributed by atoms with E-state index in [9.17, 15) is 4.79 Å². The van der Waals surface area contributed by atoms with Crippen LogP contribution in [0.4, 0.5) is 0 Å². The standard InChI is InChI=1S/C10H11BrN2O/c1-7-3-9(6-12-4-7)10(14)13-5-8(2)11/h3-4,6H,2,5H2,1H3,(H,13,14). The Kier molecular flexibility index (Phi) is 3.83. The molecule has 0 atom stereocenters. The highest BCUT2D eigenvalue weighted by molar-refractivity contribution is 9.11. The van der Waals surface area contributed by atoms with Crippen molar-refractivity contribution in [1.82, 2.24) is 10.3 Å². The average Bonchev–Trinajstić information content (AvgIpc) is 2.14. The summed E-state index contributed by atoms with van der Waals surface area (Å²) in [7, 11) is 0. The Morgan fingerprint density at radius 3 is 2.93 bits per heavy atom. The first-order valence-electron chi connectivity index (χ1n) is 4.12. The van der Waals surface area contributed by atoms with Crippen LogP contribution in [0.25, 0.3) is 0 Å². The molecule has 1 N–H and O–H groups in total. The Hall–Kier alpha value is -1.16. The number of aryl methyl sites for hydroxylation is 1. The summed E-state index contributed by atoms with van der Waals surface area (Å²) >= 11 is 3.17. The summed E-state index contributed by atoms with van der Waals surface area (Å²) in [5.74, 6) is -0.137. The van der Waals surface area contributed by atoms with Gasteiger partial charge in [-0.2, -0.15) is 0 Å². The van der Waals surface area contributed by atoms with Crippen molar-refractivity contribution in [2.75, 3.05) is 6.54 Å². The molecule has 0 aliphatic rings. The second-order valence-electron chi connectivity index (χ2n) is 2.95. The highest BCUT2D eigenvalue weighted by atomic mass is 79.9. The first kappa shape index (κ1) is 10.9. The summed E-state index contributed by atoms with van der Waals surface area (Å²) in [5, 5.41) is 2.70. The molecule has 1 aromatic heterocycles. The van der Waals surface area contributed by atoms with E-state index >= 15 is 0 Å². The van der Waals surface area contributed by atoms with Gasteiger partial charge in [-0.3, -0.25) is 9.78 Å². The first-order valence-corrected chi connectivity index (χ1v) is 4.92. The minimum atomic E-state index is -0.137. The fourth-order valence-electron chi connectivity index (χ4n) is 0.957. The summed E-state index contributed by atoms with van der Waals surface area (Å²) in [6.07, 6.45) is 3.25. The number of nitrogens with zero attached hydrogens (tertiary/aromatic N) is 1. The predicted molar refractivity (Wildman–Crippen MR) is 59.4 cm³/mol. The van der Waals surface area contributed by atoms with E-state index < -0.39 is 0 Å². The highest BCUT2D eigenvalue weighted by Crippen LogP contribution is 2.02. The molecule has 14 heavy (non-hydrogen) atoms. The van der Waals surface area contributed by atoms with Gasteiger partial charge >= 0.3 is 0 Å². The van der Waals surface area contributed by atoms with Crippen molar-refractivity contribution < 1.29 is 4.79 Å². The Morgan fingerprint density at radius 1 is 1.64 bits per heavy atom. The summed E-state index contributed by atoms with van der Waals surface area (Å²) in [6.45, 7) is 5.94. The maximum absolute atomic E-state index is 11.5. The zero-order valence-corrected chi connectivity index (χ0v) is 9.47. The molecule has 0 spiro atoms. The van der Waals surface area contributed by atoms with E-state index in [1.807, 2.05) is 6.92 Å². The number of nitrogens with one attached hydrogen (secondary N) is 1. The van der Waals surface area contributed by atoms with E-state index in [0.717, 1.165) is 10.0 Å². The van der Waals surface area contributed by atoms with Crippen molar-refractivity contribution in [1.29, 1.82) is 0 Å². The van der Waals surface area contributed by atoms with E-state index in [1.54, 1.807) is 18.5 Å². The molecular weight excluding hydrogens is 244 g/mol. The number of amides is 1. The van der Waals surface area contributed by atoms with E-state index in [1.165, 1.54) is 0 Å². The number of halogens is 1. The third-order valence-electron chi connectivity index (χ3n) is 1.58. The van der Waals surface area contributed by atoms with Crippen LogP contribution in [-0.2, 0) is 0 Å². The summed E-state index contributed by atoms with van der Waals surface area (Å²) in [6, 6.07) is 1.79. The Labute approximate surface area is 91.4 Å². The largest absolute Gasteiger partial charge is 0.347 e. The first-order chi connectivity index (χ1) is 6.59. The van der Waals surface area contributed by atoms with E-state index in [0.29, 0.717) is 12.1 Å². The van der Waals surface area contributed by atoms with Gasteiger partial charge in [0.15, 0.2) is 0 Å². The van der Waals surface area contributed by atoms with Crippen LogP contribution in [0.1, 0.15) is 15.9 Å². The quantitative estimate of drug-likeness (QED) is 0.897. The molecule has 0 fully saturated rings. The van der Waals surface area contributed by atoms with Crippen LogP contribution < -0.4 is 5.32 Å². The van der Waals surface area contributed by atoms with Crippen molar-refractivity contribution in [3.8, 4) is 0 Å². The molecule has 0 saturated heterocycles. The molecular formula is C10H11BrN2O. The molecule has 0 unspecified atom stereocenters. The number of hydrogen-bond acceptors (Lipinski definition) is 2. The molecule has 4 heteroatoms. The normalized spacial score (nSPS) is 9.57. The van der Waals surface area contributed by atoms with Crippen LogP contribution >= 0.6 is 15.9 Å². The molecule has 0 aliphatic heterocycles. The topological polar surface area (TPSA) is 42.0 Å². The third kappa shape index (κ3) is 3.30. The van der Waals surface area contributed by atoms with Gasteiger partial charge in [-0.15, -0.1) is 0 Å². The van der Waals surface area contributed by atoms with Crippen LogP contribution in [0, 0.1) is 6.92 Å². The predicted octanol–water partition coefficient (Wildman–Crippen LogP) is 2.03. The lowest BCUT2D eigenvalue weighted by Crippen LogP contribution is -2.24. The Morgan fingerprint density at radius 2 is 2.36 bits per heavy atom. The van der Waals surface area contributed by atoms with Crippen molar-refractivity contribution in [2.24, 2.45) is 0 Å². The SMILES string of the molecule is C=C(Br)CNC(=O)c1cncc(C)c1. The Bertz CT molecular complexity index is 363. The summed E-state index contributed by atoms with van der Waals surface area (Å²) < 4.78 is 0.742. The van der Waals surface area contributed by atoms with Crippen molar-refractivity contribution in [2.45, 2.75) is 6.92 Å². The van der Waals surface area contributed by atoms with Gasteiger partial charge in [-0.25, -0.2) is 0 Å².